The van der Waals surface area contributed by atoms with E-state index in [4.69, 9.17) is 0 Å². The number of pyridine rings is 1. The molecular formula is C14H10F3N3OS. The molecule has 22 heavy (non-hydrogen) atoms. The van der Waals surface area contributed by atoms with Crippen LogP contribution in [0.25, 0.3) is 5.65 Å². The molecule has 4 nitrogen and oxygen atoms in total. The fourth-order valence-electron chi connectivity index (χ4n) is 2.01. The maximum absolute atomic E-state index is 12.9. The summed E-state index contributed by atoms with van der Waals surface area (Å²) >= 11 is 1.48. The molecule has 0 aromatic carbocycles. The maximum atomic E-state index is 12.9. The summed E-state index contributed by atoms with van der Waals surface area (Å²) in [6.07, 6.45) is -1.81. The molecule has 0 aliphatic rings. The van der Waals surface area contributed by atoms with Gasteiger partial charge in [-0.1, -0.05) is 6.07 Å². The number of fused-ring (bicyclic) bond motifs is 1. The minimum Gasteiger partial charge on any atom is -0.346 e. The largest absolute Gasteiger partial charge is 0.419 e. The van der Waals surface area contributed by atoms with Gasteiger partial charge in [-0.3, -0.25) is 4.79 Å². The lowest BCUT2D eigenvalue weighted by Gasteiger charge is -2.06. The van der Waals surface area contributed by atoms with E-state index in [1.165, 1.54) is 34.2 Å². The van der Waals surface area contributed by atoms with Gasteiger partial charge in [-0.15, -0.1) is 11.3 Å². The summed E-state index contributed by atoms with van der Waals surface area (Å²) in [6, 6.07) is 5.92. The van der Waals surface area contributed by atoms with Crippen molar-refractivity contribution in [3.63, 3.8) is 0 Å². The van der Waals surface area contributed by atoms with Gasteiger partial charge in [0.15, 0.2) is 0 Å². The monoisotopic (exact) mass is 325 g/mol. The number of carbonyl (C=O) groups excluding carboxylic acids is 1. The fourth-order valence-corrected chi connectivity index (χ4v) is 2.66. The third-order valence-electron chi connectivity index (χ3n) is 3.02. The molecule has 0 atom stereocenters. The third-order valence-corrected chi connectivity index (χ3v) is 3.90. The second-order valence-corrected chi connectivity index (χ2v) is 5.57. The van der Waals surface area contributed by atoms with Gasteiger partial charge in [0.05, 0.1) is 12.1 Å². The molecule has 0 fully saturated rings. The first kappa shape index (κ1) is 14.6. The highest BCUT2D eigenvalue weighted by Gasteiger charge is 2.34. The van der Waals surface area contributed by atoms with E-state index in [-0.39, 0.29) is 11.3 Å². The van der Waals surface area contributed by atoms with E-state index in [0.29, 0.717) is 6.54 Å². The number of halogens is 3. The van der Waals surface area contributed by atoms with Crippen LogP contribution in [0.3, 0.4) is 0 Å². The van der Waals surface area contributed by atoms with Crippen LogP contribution < -0.4 is 5.32 Å². The maximum Gasteiger partial charge on any atom is 0.419 e. The van der Waals surface area contributed by atoms with Gasteiger partial charge < -0.3 is 9.72 Å². The highest BCUT2D eigenvalue weighted by molar-refractivity contribution is 7.09. The van der Waals surface area contributed by atoms with Crippen molar-refractivity contribution in [3.8, 4) is 0 Å². The minimum atomic E-state index is -4.52. The van der Waals surface area contributed by atoms with E-state index >= 15 is 0 Å². The molecule has 0 unspecified atom stereocenters. The zero-order valence-corrected chi connectivity index (χ0v) is 11.9. The van der Waals surface area contributed by atoms with Crippen LogP contribution in [0.15, 0.2) is 42.0 Å². The summed E-state index contributed by atoms with van der Waals surface area (Å²) in [5, 5.41) is 4.51. The van der Waals surface area contributed by atoms with E-state index in [1.807, 2.05) is 17.5 Å². The lowest BCUT2D eigenvalue weighted by atomic mass is 10.2. The zero-order valence-electron chi connectivity index (χ0n) is 11.1. The standard InChI is InChI=1S/C14H10F3N3OS/c15-14(16,17)10-4-1-5-20-8-11(19-12(10)20)13(21)18-7-9-3-2-6-22-9/h1-6,8H,7H2,(H,18,21). The topological polar surface area (TPSA) is 46.4 Å². The van der Waals surface area contributed by atoms with Crippen molar-refractivity contribution in [2.45, 2.75) is 12.7 Å². The summed E-state index contributed by atoms with van der Waals surface area (Å²) in [7, 11) is 0. The van der Waals surface area contributed by atoms with E-state index < -0.39 is 17.6 Å². The number of nitrogens with one attached hydrogen (secondary N) is 1. The second kappa shape index (κ2) is 5.45. The van der Waals surface area contributed by atoms with Crippen LogP contribution in [-0.4, -0.2) is 15.3 Å². The van der Waals surface area contributed by atoms with Crippen molar-refractivity contribution < 1.29 is 18.0 Å². The van der Waals surface area contributed by atoms with Gasteiger partial charge in [-0.25, -0.2) is 4.98 Å². The minimum absolute atomic E-state index is 0.0479. The number of aromatic nitrogens is 2. The number of thiophene rings is 1. The Morgan fingerprint density at radius 3 is 2.82 bits per heavy atom. The number of hydrogen-bond acceptors (Lipinski definition) is 3. The van der Waals surface area contributed by atoms with Gasteiger partial charge in [0.2, 0.25) is 0 Å². The summed E-state index contributed by atoms with van der Waals surface area (Å²) in [5.74, 6) is -0.509. The smallest absolute Gasteiger partial charge is 0.346 e. The lowest BCUT2D eigenvalue weighted by molar-refractivity contribution is -0.136. The fraction of sp³-hybridized carbons (Fsp3) is 0.143. The van der Waals surface area contributed by atoms with Crippen molar-refractivity contribution in [3.05, 3.63) is 58.2 Å². The van der Waals surface area contributed by atoms with Crippen LogP contribution in [0, 0.1) is 0 Å². The molecule has 0 saturated heterocycles. The number of rotatable bonds is 3. The zero-order chi connectivity index (χ0) is 15.7. The molecule has 1 N–H and O–H groups in total. The summed E-state index contributed by atoms with van der Waals surface area (Å²) < 4.78 is 39.9. The Labute approximate surface area is 127 Å². The van der Waals surface area contributed by atoms with E-state index in [2.05, 4.69) is 10.3 Å². The second-order valence-electron chi connectivity index (χ2n) is 4.54. The van der Waals surface area contributed by atoms with Crippen LogP contribution in [0.5, 0.6) is 0 Å². The Bertz CT molecular complexity index is 808. The summed E-state index contributed by atoms with van der Waals surface area (Å²) in [5.41, 5.74) is -1.20. The highest BCUT2D eigenvalue weighted by Crippen LogP contribution is 2.31. The normalized spacial score (nSPS) is 11.8. The van der Waals surface area contributed by atoms with Crippen molar-refractivity contribution in [2.24, 2.45) is 0 Å². The van der Waals surface area contributed by atoms with Crippen LogP contribution in [-0.2, 0) is 12.7 Å². The first-order chi connectivity index (χ1) is 10.4. The number of alkyl halides is 3. The molecule has 0 aliphatic heterocycles. The van der Waals surface area contributed by atoms with Crippen molar-refractivity contribution >= 4 is 22.9 Å². The quantitative estimate of drug-likeness (QED) is 0.803. The average Bonchev–Trinajstić information content (AvgIpc) is 3.12. The van der Waals surface area contributed by atoms with Gasteiger partial charge >= 0.3 is 6.18 Å². The first-order valence-electron chi connectivity index (χ1n) is 6.30. The Kier molecular flexibility index (Phi) is 3.61. The number of imidazole rings is 1. The SMILES string of the molecule is O=C(NCc1cccs1)c1cn2cccc(C(F)(F)F)c2n1. The van der Waals surface area contributed by atoms with E-state index in [0.717, 1.165) is 10.9 Å². The molecule has 0 radical (unpaired) electrons. The molecule has 3 aromatic rings. The van der Waals surface area contributed by atoms with Crippen LogP contribution in [0.1, 0.15) is 20.9 Å². The lowest BCUT2D eigenvalue weighted by Crippen LogP contribution is -2.22. The molecule has 0 bridgehead atoms. The van der Waals surface area contributed by atoms with Crippen molar-refractivity contribution in [1.82, 2.24) is 14.7 Å². The number of amides is 1. The summed E-state index contributed by atoms with van der Waals surface area (Å²) in [6.45, 7) is 0.316. The van der Waals surface area contributed by atoms with Gasteiger partial charge in [-0.2, -0.15) is 13.2 Å². The Hall–Kier alpha value is -2.35. The van der Waals surface area contributed by atoms with Crippen LogP contribution in [0.4, 0.5) is 13.2 Å². The van der Waals surface area contributed by atoms with Gasteiger partial charge in [0.25, 0.3) is 5.91 Å². The molecule has 114 valence electrons. The molecule has 3 heterocycles. The average molecular weight is 325 g/mol. The Balaban J connectivity index is 1.87. The van der Waals surface area contributed by atoms with Gasteiger partial charge in [0.1, 0.15) is 11.3 Å². The Morgan fingerprint density at radius 1 is 1.32 bits per heavy atom. The first-order valence-corrected chi connectivity index (χ1v) is 7.18. The summed E-state index contributed by atoms with van der Waals surface area (Å²) in [4.78, 5) is 16.8. The molecule has 1 amide bonds. The van der Waals surface area contributed by atoms with Gasteiger partial charge in [-0.05, 0) is 23.6 Å². The van der Waals surface area contributed by atoms with Crippen LogP contribution >= 0.6 is 11.3 Å². The highest BCUT2D eigenvalue weighted by atomic mass is 32.1. The van der Waals surface area contributed by atoms with Crippen molar-refractivity contribution in [2.75, 3.05) is 0 Å². The number of carbonyl (C=O) groups is 1. The molecule has 3 rings (SSSR count). The van der Waals surface area contributed by atoms with Crippen molar-refractivity contribution in [1.29, 1.82) is 0 Å². The Morgan fingerprint density at radius 2 is 2.14 bits per heavy atom. The van der Waals surface area contributed by atoms with Gasteiger partial charge in [0, 0.05) is 17.3 Å². The molecule has 0 saturated carbocycles. The molecule has 3 aromatic heterocycles. The predicted octanol–water partition coefficient (Wildman–Crippen LogP) is 3.34. The molecule has 0 aliphatic carbocycles. The van der Waals surface area contributed by atoms with E-state index in [9.17, 15) is 18.0 Å². The molecule has 0 spiro atoms. The third kappa shape index (κ3) is 2.82. The predicted molar refractivity (Wildman–Crippen MR) is 75.7 cm³/mol. The molecular weight excluding hydrogens is 315 g/mol. The van der Waals surface area contributed by atoms with E-state index in [1.54, 1.807) is 0 Å². The number of hydrogen-bond donors (Lipinski definition) is 1. The number of nitrogens with zero attached hydrogens (tertiary/aromatic N) is 2. The van der Waals surface area contributed by atoms with Crippen LogP contribution in [0.2, 0.25) is 0 Å². The molecule has 8 heteroatoms.